The van der Waals surface area contributed by atoms with Gasteiger partial charge < -0.3 is 14.6 Å². The fourth-order valence-electron chi connectivity index (χ4n) is 0.943. The molecule has 0 aliphatic heterocycles. The van der Waals surface area contributed by atoms with Crippen LogP contribution in [-0.2, 0) is 24.3 Å². The van der Waals surface area contributed by atoms with Crippen LogP contribution in [0.2, 0.25) is 0 Å². The summed E-state index contributed by atoms with van der Waals surface area (Å²) in [7, 11) is -0.674. The number of rotatable bonds is 9. The Balaban J connectivity index is 3.91. The number of hydrogen-bond donors (Lipinski definition) is 2. The molecule has 0 spiro atoms. The van der Waals surface area contributed by atoms with E-state index >= 15 is 0 Å². The summed E-state index contributed by atoms with van der Waals surface area (Å²) in [4.78, 5) is 10.2. The third-order valence-corrected chi connectivity index (χ3v) is 3.23. The molecule has 16 heavy (non-hydrogen) atoms. The fourth-order valence-corrected chi connectivity index (χ4v) is 2.00. The Morgan fingerprint density at radius 1 is 1.38 bits per heavy atom. The zero-order valence-electron chi connectivity index (χ0n) is 9.30. The summed E-state index contributed by atoms with van der Waals surface area (Å²) in [5, 5.41) is 8.35. The molecule has 0 saturated heterocycles. The topological polar surface area (TPSA) is 102 Å². The zero-order valence-corrected chi connectivity index (χ0v) is 10.1. The average Bonchev–Trinajstić information content (AvgIpc) is 2.18. The highest BCUT2D eigenvalue weighted by Gasteiger charge is 2.14. The van der Waals surface area contributed by atoms with Gasteiger partial charge in [0, 0.05) is 20.6 Å². The summed E-state index contributed by atoms with van der Waals surface area (Å²) in [6.45, 7) is 0.00239. The largest absolute Gasteiger partial charge is 0.481 e. The van der Waals surface area contributed by atoms with E-state index in [1.807, 2.05) is 0 Å². The van der Waals surface area contributed by atoms with Crippen molar-refractivity contribution >= 4 is 16.0 Å². The average molecular weight is 255 g/mol. The maximum absolute atomic E-state index is 11.3. The lowest BCUT2D eigenvalue weighted by atomic mass is 10.3. The van der Waals surface area contributed by atoms with Crippen molar-refractivity contribution in [1.82, 2.24) is 4.72 Å². The van der Waals surface area contributed by atoms with Crippen LogP contribution in [0.5, 0.6) is 0 Å². The number of carbonyl (C=O) groups is 1. The third-order valence-electron chi connectivity index (χ3n) is 1.80. The molecule has 0 heterocycles. The number of carboxylic acids is 1. The van der Waals surface area contributed by atoms with Crippen LogP contribution in [0.1, 0.15) is 12.8 Å². The van der Waals surface area contributed by atoms with Crippen LogP contribution in [0.4, 0.5) is 0 Å². The number of ether oxygens (including phenoxy) is 2. The van der Waals surface area contributed by atoms with Crippen molar-refractivity contribution in [3.63, 3.8) is 0 Å². The second kappa shape index (κ2) is 7.55. The third kappa shape index (κ3) is 7.57. The van der Waals surface area contributed by atoms with Gasteiger partial charge in [-0.2, -0.15) is 0 Å². The Hall–Kier alpha value is -0.700. The number of aliphatic carboxylic acids is 1. The number of sulfonamides is 1. The van der Waals surface area contributed by atoms with Crippen molar-refractivity contribution in [2.24, 2.45) is 0 Å². The first-order chi connectivity index (χ1) is 7.41. The molecule has 0 aromatic heterocycles. The quantitative estimate of drug-likeness (QED) is 0.533. The SMILES string of the molecule is COC(CNS(=O)(=O)CCCC(=O)O)OC. The van der Waals surface area contributed by atoms with Gasteiger partial charge in [0.2, 0.25) is 10.0 Å². The normalized spacial score (nSPS) is 11.9. The summed E-state index contributed by atoms with van der Waals surface area (Å²) >= 11 is 0. The first-order valence-corrected chi connectivity index (χ1v) is 6.31. The van der Waals surface area contributed by atoms with Gasteiger partial charge in [0.1, 0.15) is 0 Å². The predicted octanol–water partition coefficient (Wildman–Crippen LogP) is -0.610. The van der Waals surface area contributed by atoms with E-state index in [9.17, 15) is 13.2 Å². The molecule has 0 saturated carbocycles. The van der Waals surface area contributed by atoms with Crippen molar-refractivity contribution in [1.29, 1.82) is 0 Å². The Morgan fingerprint density at radius 3 is 2.38 bits per heavy atom. The van der Waals surface area contributed by atoms with Crippen molar-refractivity contribution < 1.29 is 27.8 Å². The molecule has 96 valence electrons. The molecule has 0 rings (SSSR count). The predicted molar refractivity (Wildman–Crippen MR) is 56.5 cm³/mol. The maximum atomic E-state index is 11.3. The van der Waals surface area contributed by atoms with Gasteiger partial charge in [-0.1, -0.05) is 0 Å². The lowest BCUT2D eigenvalue weighted by molar-refractivity contribution is -0.137. The van der Waals surface area contributed by atoms with Gasteiger partial charge >= 0.3 is 5.97 Å². The number of carboxylic acid groups (broad SMARTS) is 1. The Bertz CT molecular complexity index is 298. The van der Waals surface area contributed by atoms with Gasteiger partial charge in [-0.05, 0) is 6.42 Å². The van der Waals surface area contributed by atoms with E-state index in [1.165, 1.54) is 14.2 Å². The van der Waals surface area contributed by atoms with Crippen LogP contribution in [0.15, 0.2) is 0 Å². The fraction of sp³-hybridized carbons (Fsp3) is 0.875. The number of methoxy groups -OCH3 is 2. The van der Waals surface area contributed by atoms with Gasteiger partial charge in [0.05, 0.1) is 12.3 Å². The van der Waals surface area contributed by atoms with E-state index in [-0.39, 0.29) is 25.1 Å². The molecule has 0 amide bonds. The molecule has 7 nitrogen and oxygen atoms in total. The second-order valence-corrected chi connectivity index (χ2v) is 4.99. The molecule has 0 aromatic rings. The van der Waals surface area contributed by atoms with Crippen molar-refractivity contribution in [2.75, 3.05) is 26.5 Å². The standard InChI is InChI=1S/C8H17NO6S/c1-14-8(15-2)6-9-16(12,13)5-3-4-7(10)11/h8-9H,3-6H2,1-2H3,(H,10,11). The van der Waals surface area contributed by atoms with Crippen LogP contribution in [0.3, 0.4) is 0 Å². The lowest BCUT2D eigenvalue weighted by Gasteiger charge is -2.13. The Labute approximate surface area is 94.8 Å². The minimum absolute atomic E-state index is 0.00239. The lowest BCUT2D eigenvalue weighted by Crippen LogP contribution is -2.35. The van der Waals surface area contributed by atoms with E-state index in [0.29, 0.717) is 0 Å². The number of nitrogens with one attached hydrogen (secondary N) is 1. The van der Waals surface area contributed by atoms with Crippen molar-refractivity contribution in [2.45, 2.75) is 19.1 Å². The molecule has 0 aliphatic carbocycles. The van der Waals surface area contributed by atoms with Gasteiger partial charge in [-0.15, -0.1) is 0 Å². The maximum Gasteiger partial charge on any atom is 0.303 e. The molecular weight excluding hydrogens is 238 g/mol. The van der Waals surface area contributed by atoms with Crippen LogP contribution < -0.4 is 4.72 Å². The highest BCUT2D eigenvalue weighted by Crippen LogP contribution is 1.96. The molecule has 0 bridgehead atoms. The minimum Gasteiger partial charge on any atom is -0.481 e. The van der Waals surface area contributed by atoms with Crippen LogP contribution in [0, 0.1) is 0 Å². The van der Waals surface area contributed by atoms with Crippen molar-refractivity contribution in [3.05, 3.63) is 0 Å². The molecule has 0 atom stereocenters. The van der Waals surface area contributed by atoms with E-state index in [2.05, 4.69) is 4.72 Å². The first kappa shape index (κ1) is 15.3. The Kier molecular flexibility index (Phi) is 7.22. The van der Waals surface area contributed by atoms with Crippen LogP contribution in [0.25, 0.3) is 0 Å². The summed E-state index contributed by atoms with van der Waals surface area (Å²) in [5.74, 6) is -1.23. The van der Waals surface area contributed by atoms with E-state index in [4.69, 9.17) is 14.6 Å². The van der Waals surface area contributed by atoms with Crippen LogP contribution in [-0.4, -0.2) is 52.3 Å². The van der Waals surface area contributed by atoms with E-state index in [0.717, 1.165) is 0 Å². The zero-order chi connectivity index (χ0) is 12.6. The summed E-state index contributed by atoms with van der Waals surface area (Å²) in [6.07, 6.45) is -0.733. The molecule has 0 radical (unpaired) electrons. The summed E-state index contributed by atoms with van der Waals surface area (Å²) < 4.78 is 34.5. The molecule has 2 N–H and O–H groups in total. The van der Waals surface area contributed by atoms with Crippen LogP contribution >= 0.6 is 0 Å². The van der Waals surface area contributed by atoms with Gasteiger partial charge in [-0.3, -0.25) is 4.79 Å². The molecule has 0 aliphatic rings. The first-order valence-electron chi connectivity index (χ1n) is 4.66. The van der Waals surface area contributed by atoms with Gasteiger partial charge in [0.15, 0.2) is 6.29 Å². The molecule has 8 heteroatoms. The molecular formula is C8H17NO6S. The smallest absolute Gasteiger partial charge is 0.303 e. The highest BCUT2D eigenvalue weighted by atomic mass is 32.2. The van der Waals surface area contributed by atoms with E-state index < -0.39 is 22.3 Å². The minimum atomic E-state index is -3.47. The second-order valence-electron chi connectivity index (χ2n) is 3.07. The van der Waals surface area contributed by atoms with Crippen molar-refractivity contribution in [3.8, 4) is 0 Å². The van der Waals surface area contributed by atoms with E-state index in [1.54, 1.807) is 0 Å². The monoisotopic (exact) mass is 255 g/mol. The summed E-state index contributed by atoms with van der Waals surface area (Å²) in [6, 6.07) is 0. The van der Waals surface area contributed by atoms with Gasteiger partial charge in [0.25, 0.3) is 0 Å². The van der Waals surface area contributed by atoms with Gasteiger partial charge in [-0.25, -0.2) is 13.1 Å². The Morgan fingerprint density at radius 2 is 1.94 bits per heavy atom. The molecule has 0 unspecified atom stereocenters. The molecule has 0 aromatic carbocycles. The highest BCUT2D eigenvalue weighted by molar-refractivity contribution is 7.89. The number of hydrogen-bond acceptors (Lipinski definition) is 5. The summed E-state index contributed by atoms with van der Waals surface area (Å²) in [5.41, 5.74) is 0. The molecule has 0 fully saturated rings.